The minimum atomic E-state index is -0.221. The molecule has 2 aromatic carbocycles. The summed E-state index contributed by atoms with van der Waals surface area (Å²) in [6.07, 6.45) is 0. The smallest absolute Gasteiger partial charge is 0.238 e. The summed E-state index contributed by atoms with van der Waals surface area (Å²) >= 11 is 13.4. The molecule has 0 aliphatic heterocycles. The van der Waals surface area contributed by atoms with E-state index in [2.05, 4.69) is 5.32 Å². The van der Waals surface area contributed by atoms with Crippen LogP contribution in [0.4, 0.5) is 5.69 Å². The van der Waals surface area contributed by atoms with Gasteiger partial charge in [0.05, 0.1) is 16.6 Å². The van der Waals surface area contributed by atoms with E-state index in [1.807, 2.05) is 30.3 Å². The Morgan fingerprint density at radius 1 is 1.10 bits per heavy atom. The van der Waals surface area contributed by atoms with Gasteiger partial charge >= 0.3 is 0 Å². The van der Waals surface area contributed by atoms with Gasteiger partial charge in [-0.25, -0.2) is 0 Å². The number of hydrogen-bond acceptors (Lipinski definition) is 3. The van der Waals surface area contributed by atoms with Crippen molar-refractivity contribution in [3.8, 4) is 0 Å². The van der Waals surface area contributed by atoms with Crippen molar-refractivity contribution in [2.75, 3.05) is 11.9 Å². The molecular formula is C14H12Cl2N2OS. The molecule has 6 heteroatoms. The fourth-order valence-electron chi connectivity index (χ4n) is 1.53. The van der Waals surface area contributed by atoms with E-state index in [-0.39, 0.29) is 12.5 Å². The van der Waals surface area contributed by atoms with Crippen molar-refractivity contribution >= 4 is 46.6 Å². The van der Waals surface area contributed by atoms with Crippen LogP contribution in [0.25, 0.3) is 0 Å². The van der Waals surface area contributed by atoms with Crippen molar-refractivity contribution in [1.29, 1.82) is 0 Å². The van der Waals surface area contributed by atoms with E-state index < -0.39 is 0 Å². The van der Waals surface area contributed by atoms with Crippen molar-refractivity contribution < 1.29 is 4.79 Å². The molecule has 0 heterocycles. The molecule has 0 unspecified atom stereocenters. The quantitative estimate of drug-likeness (QED) is 0.891. The van der Waals surface area contributed by atoms with Crippen molar-refractivity contribution in [3.05, 3.63) is 52.5 Å². The van der Waals surface area contributed by atoms with Crippen LogP contribution in [0.5, 0.6) is 0 Å². The molecule has 2 aromatic rings. The Morgan fingerprint density at radius 3 is 2.55 bits per heavy atom. The lowest BCUT2D eigenvalue weighted by atomic mass is 10.3. The summed E-state index contributed by atoms with van der Waals surface area (Å²) < 4.78 is 0. The SMILES string of the molecule is NCC(=O)Nc1cccc(Sc2ccc(Cl)c(Cl)c2)c1. The maximum atomic E-state index is 11.3. The summed E-state index contributed by atoms with van der Waals surface area (Å²) in [4.78, 5) is 13.2. The Morgan fingerprint density at radius 2 is 1.85 bits per heavy atom. The minimum Gasteiger partial charge on any atom is -0.325 e. The monoisotopic (exact) mass is 326 g/mol. The largest absolute Gasteiger partial charge is 0.325 e. The first kappa shape index (κ1) is 15.2. The second-order valence-electron chi connectivity index (χ2n) is 3.96. The highest BCUT2D eigenvalue weighted by molar-refractivity contribution is 7.99. The standard InChI is InChI=1S/C14H12Cl2N2OS/c15-12-5-4-11(7-13(12)16)20-10-3-1-2-9(6-10)18-14(19)8-17/h1-7H,8,17H2,(H,18,19). The number of benzene rings is 2. The Hall–Kier alpha value is -1.20. The molecule has 0 saturated carbocycles. The summed E-state index contributed by atoms with van der Waals surface area (Å²) in [6.45, 7) is -0.0375. The molecule has 0 saturated heterocycles. The summed E-state index contributed by atoms with van der Waals surface area (Å²) in [6, 6.07) is 13.0. The number of carbonyl (C=O) groups is 1. The summed E-state index contributed by atoms with van der Waals surface area (Å²) in [7, 11) is 0. The highest BCUT2D eigenvalue weighted by atomic mass is 35.5. The molecule has 1 amide bonds. The zero-order chi connectivity index (χ0) is 14.5. The number of amides is 1. The predicted molar refractivity (Wildman–Crippen MR) is 84.7 cm³/mol. The average molecular weight is 327 g/mol. The summed E-state index contributed by atoms with van der Waals surface area (Å²) in [5.74, 6) is -0.221. The van der Waals surface area contributed by atoms with E-state index in [4.69, 9.17) is 28.9 Å². The Bertz CT molecular complexity index is 634. The van der Waals surface area contributed by atoms with Crippen molar-refractivity contribution in [2.45, 2.75) is 9.79 Å². The molecule has 0 fully saturated rings. The molecule has 0 bridgehead atoms. The number of carbonyl (C=O) groups excluding carboxylic acids is 1. The van der Waals surface area contributed by atoms with Gasteiger partial charge in [-0.2, -0.15) is 0 Å². The van der Waals surface area contributed by atoms with Gasteiger partial charge in [-0.15, -0.1) is 0 Å². The lowest BCUT2D eigenvalue weighted by molar-refractivity contribution is -0.114. The van der Waals surface area contributed by atoms with Crippen LogP contribution in [0.1, 0.15) is 0 Å². The fourth-order valence-corrected chi connectivity index (χ4v) is 2.81. The van der Waals surface area contributed by atoms with Crippen LogP contribution >= 0.6 is 35.0 Å². The first-order valence-electron chi connectivity index (χ1n) is 5.81. The Labute approximate surface area is 131 Å². The van der Waals surface area contributed by atoms with Gasteiger partial charge < -0.3 is 11.1 Å². The normalized spacial score (nSPS) is 10.3. The van der Waals surface area contributed by atoms with Crippen LogP contribution in [-0.4, -0.2) is 12.5 Å². The third kappa shape index (κ3) is 4.15. The Kier molecular flexibility index (Phi) is 5.31. The average Bonchev–Trinajstić information content (AvgIpc) is 2.43. The number of nitrogens with one attached hydrogen (secondary N) is 1. The van der Waals surface area contributed by atoms with Crippen LogP contribution in [-0.2, 0) is 4.79 Å². The van der Waals surface area contributed by atoms with Gasteiger partial charge in [0.15, 0.2) is 0 Å². The minimum absolute atomic E-state index is 0.0375. The first-order chi connectivity index (χ1) is 9.58. The third-order valence-corrected chi connectivity index (χ3v) is 4.15. The van der Waals surface area contributed by atoms with E-state index >= 15 is 0 Å². The molecule has 0 spiro atoms. The summed E-state index contributed by atoms with van der Waals surface area (Å²) in [5, 5.41) is 3.76. The van der Waals surface area contributed by atoms with Crippen molar-refractivity contribution in [2.24, 2.45) is 5.73 Å². The van der Waals surface area contributed by atoms with Crippen LogP contribution in [0.15, 0.2) is 52.3 Å². The zero-order valence-corrected chi connectivity index (χ0v) is 12.7. The van der Waals surface area contributed by atoms with Crippen LogP contribution < -0.4 is 11.1 Å². The van der Waals surface area contributed by atoms with Gasteiger partial charge in [-0.1, -0.05) is 41.0 Å². The summed E-state index contributed by atoms with van der Waals surface area (Å²) in [5.41, 5.74) is 5.98. The number of anilines is 1. The first-order valence-corrected chi connectivity index (χ1v) is 7.38. The van der Waals surface area contributed by atoms with Gasteiger partial charge in [0, 0.05) is 15.5 Å². The second kappa shape index (κ2) is 6.99. The number of nitrogens with two attached hydrogens (primary N) is 1. The highest BCUT2D eigenvalue weighted by Gasteiger charge is 2.04. The molecule has 3 N–H and O–H groups in total. The van der Waals surface area contributed by atoms with Gasteiger partial charge in [-0.05, 0) is 36.4 Å². The third-order valence-electron chi connectivity index (χ3n) is 2.43. The lowest BCUT2D eigenvalue weighted by Gasteiger charge is -2.07. The van der Waals surface area contributed by atoms with Gasteiger partial charge in [0.25, 0.3) is 0 Å². The van der Waals surface area contributed by atoms with E-state index in [0.29, 0.717) is 15.7 Å². The molecule has 0 aromatic heterocycles. The van der Waals surface area contributed by atoms with Crippen molar-refractivity contribution in [1.82, 2.24) is 0 Å². The van der Waals surface area contributed by atoms with E-state index in [1.165, 1.54) is 11.8 Å². The van der Waals surface area contributed by atoms with Gasteiger partial charge in [-0.3, -0.25) is 4.79 Å². The van der Waals surface area contributed by atoms with Crippen LogP contribution in [0.2, 0.25) is 10.0 Å². The van der Waals surface area contributed by atoms with E-state index in [1.54, 1.807) is 12.1 Å². The number of halogens is 2. The molecule has 0 aliphatic carbocycles. The highest BCUT2D eigenvalue weighted by Crippen LogP contribution is 2.33. The lowest BCUT2D eigenvalue weighted by Crippen LogP contribution is -2.21. The fraction of sp³-hybridized carbons (Fsp3) is 0.0714. The molecule has 0 radical (unpaired) electrons. The van der Waals surface area contributed by atoms with E-state index in [9.17, 15) is 4.79 Å². The molecule has 104 valence electrons. The molecule has 20 heavy (non-hydrogen) atoms. The van der Waals surface area contributed by atoms with Crippen LogP contribution in [0.3, 0.4) is 0 Å². The van der Waals surface area contributed by atoms with Gasteiger partial charge in [0.1, 0.15) is 0 Å². The molecule has 0 aliphatic rings. The molecule has 2 rings (SSSR count). The van der Waals surface area contributed by atoms with E-state index in [0.717, 1.165) is 9.79 Å². The number of hydrogen-bond donors (Lipinski definition) is 2. The maximum Gasteiger partial charge on any atom is 0.238 e. The van der Waals surface area contributed by atoms with Crippen molar-refractivity contribution in [3.63, 3.8) is 0 Å². The zero-order valence-electron chi connectivity index (χ0n) is 10.4. The molecule has 3 nitrogen and oxygen atoms in total. The second-order valence-corrected chi connectivity index (χ2v) is 5.92. The molecular weight excluding hydrogens is 315 g/mol. The number of rotatable bonds is 4. The topological polar surface area (TPSA) is 55.1 Å². The predicted octanol–water partition coefficient (Wildman–Crippen LogP) is 4.04. The maximum absolute atomic E-state index is 11.3. The molecule has 0 atom stereocenters. The van der Waals surface area contributed by atoms with Gasteiger partial charge in [0.2, 0.25) is 5.91 Å². The van der Waals surface area contributed by atoms with Crippen LogP contribution in [0, 0.1) is 0 Å². The Balaban J connectivity index is 2.14.